The van der Waals surface area contributed by atoms with Gasteiger partial charge in [-0.2, -0.15) is 0 Å². The van der Waals surface area contributed by atoms with E-state index >= 15 is 0 Å². The number of nitrogens with one attached hydrogen (secondary N) is 2. The lowest BCUT2D eigenvalue weighted by molar-refractivity contribution is -0.385. The number of guanidine groups is 1. The van der Waals surface area contributed by atoms with E-state index in [0.717, 1.165) is 24.3 Å². The zero-order valence-electron chi connectivity index (χ0n) is 17.5. The van der Waals surface area contributed by atoms with E-state index in [2.05, 4.69) is 15.6 Å². The normalized spacial score (nSPS) is 10.7. The Morgan fingerprint density at radius 3 is 2.60 bits per heavy atom. The van der Waals surface area contributed by atoms with E-state index < -0.39 is 0 Å². The fourth-order valence-electron chi connectivity index (χ4n) is 2.88. The maximum Gasteiger partial charge on any atom is 0.274 e. The molecule has 0 unspecified atom stereocenters. The number of hydrogen-bond acceptors (Lipinski definition) is 5. The van der Waals surface area contributed by atoms with E-state index in [0.29, 0.717) is 31.2 Å². The molecule has 9 heteroatoms. The number of methoxy groups -OCH3 is 1. The van der Waals surface area contributed by atoms with Gasteiger partial charge in [0.25, 0.3) is 5.69 Å². The van der Waals surface area contributed by atoms with Crippen LogP contribution in [0.3, 0.4) is 0 Å². The second kappa shape index (κ2) is 13.6. The van der Waals surface area contributed by atoms with Crippen molar-refractivity contribution in [1.29, 1.82) is 0 Å². The van der Waals surface area contributed by atoms with Crippen LogP contribution in [0.15, 0.2) is 47.5 Å². The van der Waals surface area contributed by atoms with Gasteiger partial charge in [0.05, 0.1) is 18.6 Å². The molecule has 0 aliphatic heterocycles. The van der Waals surface area contributed by atoms with Crippen molar-refractivity contribution in [2.45, 2.75) is 26.3 Å². The van der Waals surface area contributed by atoms with Crippen molar-refractivity contribution >= 4 is 35.6 Å². The maximum absolute atomic E-state index is 11.1. The SMILES string of the molecule is CCOc1cc(CCCNC(=NC)NCc2ccccc2[N+](=O)[O-])ccc1OC.I. The summed E-state index contributed by atoms with van der Waals surface area (Å²) in [6, 6.07) is 12.6. The van der Waals surface area contributed by atoms with Crippen LogP contribution in [-0.2, 0) is 13.0 Å². The molecule has 0 heterocycles. The average molecular weight is 528 g/mol. The van der Waals surface area contributed by atoms with Gasteiger partial charge in [0.2, 0.25) is 0 Å². The molecule has 0 bridgehead atoms. The highest BCUT2D eigenvalue weighted by Gasteiger charge is 2.12. The van der Waals surface area contributed by atoms with Crippen molar-refractivity contribution < 1.29 is 14.4 Å². The smallest absolute Gasteiger partial charge is 0.274 e. The minimum absolute atomic E-state index is 0. The Morgan fingerprint density at radius 2 is 1.93 bits per heavy atom. The summed E-state index contributed by atoms with van der Waals surface area (Å²) in [4.78, 5) is 14.9. The standard InChI is InChI=1S/C21H28N4O4.HI/c1-4-29-20-14-16(11-12-19(20)28-3)8-7-13-23-21(22-2)24-15-17-9-5-6-10-18(17)25(26)27;/h5-6,9-12,14H,4,7-8,13,15H2,1-3H3,(H2,22,23,24);1H. The van der Waals surface area contributed by atoms with Gasteiger partial charge in [-0.1, -0.05) is 24.3 Å². The van der Waals surface area contributed by atoms with Crippen LogP contribution in [0.4, 0.5) is 5.69 Å². The molecule has 0 saturated heterocycles. The summed E-state index contributed by atoms with van der Waals surface area (Å²) < 4.78 is 10.9. The van der Waals surface area contributed by atoms with Crippen molar-refractivity contribution in [2.75, 3.05) is 27.3 Å². The minimum Gasteiger partial charge on any atom is -0.493 e. The Hall–Kier alpha value is -2.56. The molecule has 0 aromatic heterocycles. The molecule has 164 valence electrons. The van der Waals surface area contributed by atoms with Gasteiger partial charge in [-0.05, 0) is 37.5 Å². The highest BCUT2D eigenvalue weighted by Crippen LogP contribution is 2.28. The first kappa shape index (κ1) is 25.5. The monoisotopic (exact) mass is 528 g/mol. The summed E-state index contributed by atoms with van der Waals surface area (Å²) in [6.45, 7) is 3.57. The first-order valence-electron chi connectivity index (χ1n) is 9.55. The first-order valence-corrected chi connectivity index (χ1v) is 9.55. The third-order valence-corrected chi connectivity index (χ3v) is 4.32. The number of hydrogen-bond donors (Lipinski definition) is 2. The Balaban J connectivity index is 0.00000450. The minimum atomic E-state index is -0.376. The fraction of sp³-hybridized carbons (Fsp3) is 0.381. The van der Waals surface area contributed by atoms with Crippen LogP contribution in [0.5, 0.6) is 11.5 Å². The summed E-state index contributed by atoms with van der Waals surface area (Å²) in [7, 11) is 3.30. The van der Waals surface area contributed by atoms with Crippen LogP contribution in [0.2, 0.25) is 0 Å². The van der Waals surface area contributed by atoms with Gasteiger partial charge >= 0.3 is 0 Å². The van der Waals surface area contributed by atoms with Crippen molar-refractivity contribution in [3.8, 4) is 11.5 Å². The third-order valence-electron chi connectivity index (χ3n) is 4.32. The van der Waals surface area contributed by atoms with E-state index in [9.17, 15) is 10.1 Å². The molecule has 0 atom stereocenters. The zero-order chi connectivity index (χ0) is 21.1. The number of rotatable bonds is 10. The van der Waals surface area contributed by atoms with Gasteiger partial charge in [0.1, 0.15) is 0 Å². The van der Waals surface area contributed by atoms with E-state index in [1.807, 2.05) is 25.1 Å². The van der Waals surface area contributed by atoms with Crippen LogP contribution in [0.25, 0.3) is 0 Å². The Labute approximate surface area is 194 Å². The molecule has 2 aromatic carbocycles. The molecule has 0 spiro atoms. The summed E-state index contributed by atoms with van der Waals surface area (Å²) in [5, 5.41) is 17.5. The highest BCUT2D eigenvalue weighted by atomic mass is 127. The van der Waals surface area contributed by atoms with Gasteiger partial charge in [0.15, 0.2) is 17.5 Å². The van der Waals surface area contributed by atoms with Gasteiger partial charge in [-0.3, -0.25) is 15.1 Å². The molecule has 2 rings (SSSR count). The molecule has 0 aliphatic carbocycles. The number of benzene rings is 2. The summed E-state index contributed by atoms with van der Waals surface area (Å²) in [5.41, 5.74) is 1.88. The Bertz CT molecular complexity index is 846. The van der Waals surface area contributed by atoms with E-state index in [1.165, 1.54) is 11.6 Å². The molecule has 8 nitrogen and oxygen atoms in total. The number of para-hydroxylation sites is 1. The molecule has 30 heavy (non-hydrogen) atoms. The fourth-order valence-corrected chi connectivity index (χ4v) is 2.88. The average Bonchev–Trinajstić information content (AvgIpc) is 2.73. The number of nitrogens with zero attached hydrogens (tertiary/aromatic N) is 2. The molecule has 0 aliphatic rings. The van der Waals surface area contributed by atoms with Crippen LogP contribution < -0.4 is 20.1 Å². The molecule has 0 amide bonds. The van der Waals surface area contributed by atoms with E-state index in [-0.39, 0.29) is 34.6 Å². The number of aryl methyl sites for hydroxylation is 1. The number of nitro groups is 1. The van der Waals surface area contributed by atoms with E-state index in [4.69, 9.17) is 9.47 Å². The Kier molecular flexibility index (Phi) is 11.6. The lowest BCUT2D eigenvalue weighted by Gasteiger charge is -2.13. The molecule has 0 fully saturated rings. The van der Waals surface area contributed by atoms with E-state index in [1.54, 1.807) is 32.4 Å². The number of ether oxygens (including phenoxy) is 2. The van der Waals surface area contributed by atoms with Crippen LogP contribution in [0, 0.1) is 10.1 Å². The molecule has 0 radical (unpaired) electrons. The maximum atomic E-state index is 11.1. The highest BCUT2D eigenvalue weighted by molar-refractivity contribution is 14.0. The first-order chi connectivity index (χ1) is 14.1. The van der Waals surface area contributed by atoms with Gasteiger partial charge in [-0.15, -0.1) is 24.0 Å². The largest absolute Gasteiger partial charge is 0.493 e. The van der Waals surface area contributed by atoms with Crippen molar-refractivity contribution in [2.24, 2.45) is 4.99 Å². The molecule has 2 N–H and O–H groups in total. The number of nitro benzene ring substituents is 1. The summed E-state index contributed by atoms with van der Waals surface area (Å²) >= 11 is 0. The van der Waals surface area contributed by atoms with Crippen molar-refractivity contribution in [3.05, 3.63) is 63.7 Å². The predicted molar refractivity (Wildman–Crippen MR) is 129 cm³/mol. The third kappa shape index (κ3) is 7.69. The Morgan fingerprint density at radius 1 is 1.17 bits per heavy atom. The topological polar surface area (TPSA) is 98.0 Å². The second-order valence-electron chi connectivity index (χ2n) is 6.26. The summed E-state index contributed by atoms with van der Waals surface area (Å²) in [5.74, 6) is 2.09. The molecular formula is C21H29IN4O4. The molecule has 0 saturated carbocycles. The van der Waals surface area contributed by atoms with Gasteiger partial charge in [-0.25, -0.2) is 0 Å². The number of aliphatic imine (C=N–C) groups is 1. The summed E-state index contributed by atoms with van der Waals surface area (Å²) in [6.07, 6.45) is 1.77. The molecular weight excluding hydrogens is 499 g/mol. The van der Waals surface area contributed by atoms with Crippen LogP contribution in [-0.4, -0.2) is 38.2 Å². The lowest BCUT2D eigenvalue weighted by Crippen LogP contribution is -2.37. The van der Waals surface area contributed by atoms with Crippen molar-refractivity contribution in [3.63, 3.8) is 0 Å². The number of halogens is 1. The predicted octanol–water partition coefficient (Wildman–Crippen LogP) is 3.92. The van der Waals surface area contributed by atoms with Gasteiger partial charge < -0.3 is 20.1 Å². The second-order valence-corrected chi connectivity index (χ2v) is 6.26. The van der Waals surface area contributed by atoms with Crippen molar-refractivity contribution in [1.82, 2.24) is 10.6 Å². The molecule has 2 aromatic rings. The lowest BCUT2D eigenvalue weighted by atomic mass is 10.1. The van der Waals surface area contributed by atoms with Crippen LogP contribution in [0.1, 0.15) is 24.5 Å². The van der Waals surface area contributed by atoms with Crippen LogP contribution >= 0.6 is 24.0 Å². The van der Waals surface area contributed by atoms with Gasteiger partial charge in [0, 0.05) is 31.8 Å². The zero-order valence-corrected chi connectivity index (χ0v) is 19.8. The quantitative estimate of drug-likeness (QED) is 0.121.